The first-order valence-electron chi connectivity index (χ1n) is 17.8. The number of hydrogen-bond acceptors (Lipinski definition) is 3. The Labute approximate surface area is 310 Å². The van der Waals surface area contributed by atoms with Gasteiger partial charge in [0, 0.05) is 36.6 Å². The molecule has 1 aliphatic carbocycles. The third kappa shape index (κ3) is 4.15. The molecular weight excluding hydrogens is 667 g/mol. The van der Waals surface area contributed by atoms with Gasteiger partial charge in [-0.2, -0.15) is 0 Å². The molecule has 0 aliphatic heterocycles. The van der Waals surface area contributed by atoms with Gasteiger partial charge in [-0.1, -0.05) is 152 Å². The SMILES string of the molecule is c1ccc(C2(c3ccccc3)c3ccccc3-c3ccc(N(c4cccc5c4sc4ccccc45)c4cccc5c4sc4ccccc45)cc32)cc1. The molecule has 10 aromatic rings. The van der Waals surface area contributed by atoms with Crippen molar-refractivity contribution in [2.24, 2.45) is 0 Å². The first-order chi connectivity index (χ1) is 25.8. The second-order valence-electron chi connectivity index (χ2n) is 13.6. The topological polar surface area (TPSA) is 3.24 Å². The number of hydrogen-bond donors (Lipinski definition) is 0. The molecule has 0 amide bonds. The first kappa shape index (κ1) is 29.7. The monoisotopic (exact) mass is 697 g/mol. The van der Waals surface area contributed by atoms with Crippen molar-refractivity contribution in [3.8, 4) is 11.1 Å². The number of rotatable bonds is 5. The lowest BCUT2D eigenvalue weighted by Gasteiger charge is -2.35. The summed E-state index contributed by atoms with van der Waals surface area (Å²) < 4.78 is 5.20. The average Bonchev–Trinajstić information content (AvgIpc) is 3.88. The summed E-state index contributed by atoms with van der Waals surface area (Å²) in [6.45, 7) is 0. The molecule has 0 spiro atoms. The van der Waals surface area contributed by atoms with Gasteiger partial charge in [-0.15, -0.1) is 22.7 Å². The van der Waals surface area contributed by atoms with Gasteiger partial charge in [0.1, 0.15) is 0 Å². The Morgan fingerprint density at radius 1 is 0.365 bits per heavy atom. The molecular formula is C49H31NS2. The van der Waals surface area contributed by atoms with Gasteiger partial charge in [-0.3, -0.25) is 0 Å². The molecule has 1 aliphatic rings. The van der Waals surface area contributed by atoms with E-state index in [0.717, 1.165) is 5.69 Å². The third-order valence-electron chi connectivity index (χ3n) is 10.9. The van der Waals surface area contributed by atoms with Gasteiger partial charge in [0.15, 0.2) is 0 Å². The van der Waals surface area contributed by atoms with E-state index in [1.807, 2.05) is 22.7 Å². The number of benzene rings is 8. The lowest BCUT2D eigenvalue weighted by molar-refractivity contribution is 0.768. The van der Waals surface area contributed by atoms with E-state index in [1.54, 1.807) is 0 Å². The van der Waals surface area contributed by atoms with Crippen LogP contribution in [0.15, 0.2) is 188 Å². The minimum absolute atomic E-state index is 0.483. The van der Waals surface area contributed by atoms with Crippen molar-refractivity contribution in [3.05, 3.63) is 210 Å². The normalized spacial score (nSPS) is 13.2. The van der Waals surface area contributed by atoms with Crippen LogP contribution in [0.1, 0.15) is 22.3 Å². The largest absolute Gasteiger partial charge is 0.308 e. The molecule has 0 bridgehead atoms. The highest BCUT2D eigenvalue weighted by Crippen LogP contribution is 2.58. The zero-order chi connectivity index (χ0) is 34.2. The molecule has 52 heavy (non-hydrogen) atoms. The number of nitrogens with zero attached hydrogens (tertiary/aromatic N) is 1. The van der Waals surface area contributed by atoms with Gasteiger partial charge in [-0.05, 0) is 69.8 Å². The smallest absolute Gasteiger partial charge is 0.0714 e. The van der Waals surface area contributed by atoms with Crippen LogP contribution < -0.4 is 4.90 Å². The van der Waals surface area contributed by atoms with E-state index in [0.29, 0.717) is 0 Å². The quantitative estimate of drug-likeness (QED) is 0.173. The highest BCUT2D eigenvalue weighted by atomic mass is 32.1. The molecule has 11 rings (SSSR count). The summed E-state index contributed by atoms with van der Waals surface area (Å²) in [6, 6.07) is 69.7. The van der Waals surface area contributed by atoms with Crippen molar-refractivity contribution in [3.63, 3.8) is 0 Å². The predicted octanol–water partition coefficient (Wildman–Crippen LogP) is 14.3. The van der Waals surface area contributed by atoms with Crippen LogP contribution in [0.5, 0.6) is 0 Å². The fourth-order valence-electron chi connectivity index (χ4n) is 8.80. The van der Waals surface area contributed by atoms with E-state index >= 15 is 0 Å². The van der Waals surface area contributed by atoms with E-state index < -0.39 is 5.41 Å². The molecule has 0 fully saturated rings. The van der Waals surface area contributed by atoms with Crippen molar-refractivity contribution in [1.29, 1.82) is 0 Å². The summed E-state index contributed by atoms with van der Waals surface area (Å²) in [4.78, 5) is 2.54. The van der Waals surface area contributed by atoms with Crippen molar-refractivity contribution in [2.75, 3.05) is 4.90 Å². The van der Waals surface area contributed by atoms with E-state index in [-0.39, 0.29) is 0 Å². The van der Waals surface area contributed by atoms with Gasteiger partial charge >= 0.3 is 0 Å². The Kier molecular flexibility index (Phi) is 6.57. The maximum atomic E-state index is 2.54. The number of thiophene rings is 2. The Hall–Kier alpha value is -6.00. The summed E-state index contributed by atoms with van der Waals surface area (Å²) in [5.41, 5.74) is 10.8. The lowest BCUT2D eigenvalue weighted by atomic mass is 9.67. The van der Waals surface area contributed by atoms with Crippen LogP contribution in [0, 0.1) is 0 Å². The second kappa shape index (κ2) is 11.5. The summed E-state index contributed by atoms with van der Waals surface area (Å²) in [5.74, 6) is 0. The van der Waals surface area contributed by atoms with Crippen LogP contribution in [0.4, 0.5) is 17.1 Å². The highest BCUT2D eigenvalue weighted by Gasteiger charge is 2.46. The van der Waals surface area contributed by atoms with Crippen LogP contribution in [-0.4, -0.2) is 0 Å². The first-order valence-corrected chi connectivity index (χ1v) is 19.4. The van der Waals surface area contributed by atoms with E-state index in [1.165, 1.54) is 85.1 Å². The second-order valence-corrected chi connectivity index (χ2v) is 15.7. The van der Waals surface area contributed by atoms with Crippen LogP contribution >= 0.6 is 22.7 Å². The van der Waals surface area contributed by atoms with E-state index in [4.69, 9.17) is 0 Å². The molecule has 0 N–H and O–H groups in total. The average molecular weight is 698 g/mol. The van der Waals surface area contributed by atoms with Gasteiger partial charge in [-0.25, -0.2) is 0 Å². The molecule has 0 radical (unpaired) electrons. The predicted molar refractivity (Wildman–Crippen MR) is 224 cm³/mol. The molecule has 0 unspecified atom stereocenters. The van der Waals surface area contributed by atoms with Gasteiger partial charge < -0.3 is 4.90 Å². The van der Waals surface area contributed by atoms with Crippen LogP contribution in [-0.2, 0) is 5.41 Å². The summed E-state index contributed by atoms with van der Waals surface area (Å²) in [6.07, 6.45) is 0. The molecule has 2 heterocycles. The van der Waals surface area contributed by atoms with Crippen molar-refractivity contribution in [1.82, 2.24) is 0 Å². The molecule has 1 nitrogen and oxygen atoms in total. The van der Waals surface area contributed by atoms with Crippen molar-refractivity contribution < 1.29 is 0 Å². The molecule has 3 heteroatoms. The Morgan fingerprint density at radius 2 is 0.846 bits per heavy atom. The maximum absolute atomic E-state index is 2.54. The molecule has 0 saturated heterocycles. The van der Waals surface area contributed by atoms with Gasteiger partial charge in [0.25, 0.3) is 0 Å². The molecule has 244 valence electrons. The summed E-state index contributed by atoms with van der Waals surface area (Å²) >= 11 is 3.77. The minimum Gasteiger partial charge on any atom is -0.308 e. The summed E-state index contributed by atoms with van der Waals surface area (Å²) in [7, 11) is 0. The Morgan fingerprint density at radius 3 is 1.44 bits per heavy atom. The van der Waals surface area contributed by atoms with Gasteiger partial charge in [0.2, 0.25) is 0 Å². The van der Waals surface area contributed by atoms with Crippen molar-refractivity contribution >= 4 is 80.1 Å². The van der Waals surface area contributed by atoms with E-state index in [9.17, 15) is 0 Å². The maximum Gasteiger partial charge on any atom is 0.0714 e. The fraction of sp³-hybridized carbons (Fsp3) is 0.0204. The van der Waals surface area contributed by atoms with Crippen LogP contribution in [0.2, 0.25) is 0 Å². The van der Waals surface area contributed by atoms with Crippen LogP contribution in [0.25, 0.3) is 51.5 Å². The standard InChI is InChI=1S/C49H31NS2/c1-3-15-32(16-4-1)49(33-17-5-2-6-18-33)41-24-10-7-19-35(41)36-30-29-34(31-42(36)49)50(43-25-13-22-39-37-20-8-11-27-45(37)51-47(39)43)44-26-14-23-40-38-21-9-12-28-46(38)52-48(40)44/h1-31H. The minimum atomic E-state index is -0.483. The number of fused-ring (bicyclic) bond motifs is 9. The van der Waals surface area contributed by atoms with Crippen molar-refractivity contribution in [2.45, 2.75) is 5.41 Å². The third-order valence-corrected chi connectivity index (χ3v) is 13.4. The fourth-order valence-corrected chi connectivity index (χ4v) is 11.2. The molecule has 0 atom stereocenters. The lowest BCUT2D eigenvalue weighted by Crippen LogP contribution is -2.28. The molecule has 2 aromatic heterocycles. The van der Waals surface area contributed by atoms with Gasteiger partial charge in [0.05, 0.1) is 26.2 Å². The highest BCUT2D eigenvalue weighted by molar-refractivity contribution is 7.27. The zero-order valence-electron chi connectivity index (χ0n) is 28.2. The Bertz CT molecular complexity index is 2820. The molecule has 8 aromatic carbocycles. The van der Waals surface area contributed by atoms with E-state index in [2.05, 4.69) is 193 Å². The zero-order valence-corrected chi connectivity index (χ0v) is 29.8. The summed E-state index contributed by atoms with van der Waals surface area (Å²) in [5, 5.41) is 5.20. The molecule has 0 saturated carbocycles. The number of anilines is 3. The Balaban J connectivity index is 1.25. The van der Waals surface area contributed by atoms with Crippen LogP contribution in [0.3, 0.4) is 0 Å².